The molecule has 0 aliphatic heterocycles. The molecule has 6 heteroatoms. The smallest absolute Gasteiger partial charge is 0.258 e. The maximum Gasteiger partial charge on any atom is 0.258 e. The molecule has 1 amide bonds. The van der Waals surface area contributed by atoms with Gasteiger partial charge < -0.3 is 16.4 Å². The molecule has 1 fully saturated rings. The van der Waals surface area contributed by atoms with Crippen LogP contribution in [0, 0.1) is 5.82 Å². The van der Waals surface area contributed by atoms with Crippen LogP contribution in [0.1, 0.15) is 42.5 Å². The summed E-state index contributed by atoms with van der Waals surface area (Å²) in [4.78, 5) is 12.3. The maximum atomic E-state index is 13.8. The van der Waals surface area contributed by atoms with Gasteiger partial charge in [-0.2, -0.15) is 0 Å². The second-order valence-corrected chi connectivity index (χ2v) is 6.74. The van der Waals surface area contributed by atoms with Gasteiger partial charge in [-0.3, -0.25) is 4.79 Å². The highest BCUT2D eigenvalue weighted by atomic mass is 35.5. The van der Waals surface area contributed by atoms with Crippen LogP contribution in [0.25, 0.3) is 0 Å². The van der Waals surface area contributed by atoms with Gasteiger partial charge in [-0.1, -0.05) is 43.0 Å². The molecule has 0 unspecified atom stereocenters. The van der Waals surface area contributed by atoms with E-state index in [1.54, 1.807) is 18.2 Å². The van der Waals surface area contributed by atoms with Crippen molar-refractivity contribution in [1.82, 2.24) is 0 Å². The second kappa shape index (κ2) is 7.74. The van der Waals surface area contributed by atoms with Gasteiger partial charge in [0.15, 0.2) is 0 Å². The number of hydrogen-bond donors (Lipinski definition) is 3. The van der Waals surface area contributed by atoms with E-state index in [2.05, 4.69) is 10.6 Å². The Balaban J connectivity index is 1.80. The number of amides is 1. The minimum absolute atomic E-state index is 0.0304. The first-order valence-electron chi connectivity index (χ1n) is 8.46. The molecular weight excluding hydrogens is 341 g/mol. The Morgan fingerprint density at radius 1 is 1.12 bits per heavy atom. The first-order chi connectivity index (χ1) is 12.0. The number of nitrogens with one attached hydrogen (secondary N) is 2. The van der Waals surface area contributed by atoms with E-state index in [0.717, 1.165) is 18.5 Å². The van der Waals surface area contributed by atoms with Crippen molar-refractivity contribution >= 4 is 34.6 Å². The van der Waals surface area contributed by atoms with Crippen LogP contribution in [-0.4, -0.2) is 11.9 Å². The molecule has 25 heavy (non-hydrogen) atoms. The zero-order chi connectivity index (χ0) is 17.8. The summed E-state index contributed by atoms with van der Waals surface area (Å²) in [5.74, 6) is -1.12. The van der Waals surface area contributed by atoms with Gasteiger partial charge in [0.2, 0.25) is 0 Å². The fourth-order valence-corrected chi connectivity index (χ4v) is 3.33. The number of halogens is 2. The van der Waals surface area contributed by atoms with Crippen molar-refractivity contribution in [3.63, 3.8) is 0 Å². The third-order valence-corrected chi connectivity index (χ3v) is 4.78. The van der Waals surface area contributed by atoms with E-state index in [-0.39, 0.29) is 5.56 Å². The molecule has 0 radical (unpaired) electrons. The molecule has 132 valence electrons. The molecule has 1 aliphatic rings. The highest BCUT2D eigenvalue weighted by Crippen LogP contribution is 2.33. The summed E-state index contributed by atoms with van der Waals surface area (Å²) in [7, 11) is 0. The summed E-state index contributed by atoms with van der Waals surface area (Å²) >= 11 is 6.20. The summed E-state index contributed by atoms with van der Waals surface area (Å²) < 4.78 is 13.8. The van der Waals surface area contributed by atoms with Crippen LogP contribution in [0.3, 0.4) is 0 Å². The van der Waals surface area contributed by atoms with Crippen LogP contribution in [-0.2, 0) is 0 Å². The van der Waals surface area contributed by atoms with Gasteiger partial charge in [0.1, 0.15) is 5.82 Å². The lowest BCUT2D eigenvalue weighted by Gasteiger charge is -2.25. The minimum atomic E-state index is -0.577. The van der Waals surface area contributed by atoms with Gasteiger partial charge >= 0.3 is 0 Å². The third kappa shape index (κ3) is 4.23. The van der Waals surface area contributed by atoms with Crippen LogP contribution in [0.4, 0.5) is 21.5 Å². The van der Waals surface area contributed by atoms with E-state index in [0.29, 0.717) is 22.4 Å². The molecule has 0 heterocycles. The first kappa shape index (κ1) is 17.5. The van der Waals surface area contributed by atoms with Crippen molar-refractivity contribution < 1.29 is 9.18 Å². The standard InChI is InChI=1S/C19H21ClFN3O/c20-14-10-16(22)18(23-12-6-2-1-3-7-12)11-17(14)24-19(25)13-8-4-5-9-15(13)21/h4-5,8-12,23H,1-3,6-7,22H2,(H,24,25). The van der Waals surface area contributed by atoms with Crippen LogP contribution >= 0.6 is 11.6 Å². The molecule has 4 N–H and O–H groups in total. The van der Waals surface area contributed by atoms with E-state index >= 15 is 0 Å². The number of rotatable bonds is 4. The number of hydrogen-bond acceptors (Lipinski definition) is 3. The molecule has 0 bridgehead atoms. The van der Waals surface area contributed by atoms with Crippen molar-refractivity contribution in [2.75, 3.05) is 16.4 Å². The minimum Gasteiger partial charge on any atom is -0.397 e. The predicted molar refractivity (Wildman–Crippen MR) is 101 cm³/mol. The zero-order valence-electron chi connectivity index (χ0n) is 13.8. The Labute approximate surface area is 151 Å². The monoisotopic (exact) mass is 361 g/mol. The van der Waals surface area contributed by atoms with Gasteiger partial charge in [0.05, 0.1) is 27.6 Å². The Morgan fingerprint density at radius 3 is 2.56 bits per heavy atom. The normalized spacial score (nSPS) is 15.0. The largest absolute Gasteiger partial charge is 0.397 e. The Hall–Kier alpha value is -2.27. The summed E-state index contributed by atoms with van der Waals surface area (Å²) in [6.45, 7) is 0. The third-order valence-electron chi connectivity index (χ3n) is 4.47. The summed E-state index contributed by atoms with van der Waals surface area (Å²) in [6.07, 6.45) is 5.85. The van der Waals surface area contributed by atoms with E-state index in [4.69, 9.17) is 17.3 Å². The zero-order valence-corrected chi connectivity index (χ0v) is 14.6. The first-order valence-corrected chi connectivity index (χ1v) is 8.84. The number of nitrogen functional groups attached to an aromatic ring is 1. The van der Waals surface area contributed by atoms with E-state index in [1.165, 1.54) is 37.5 Å². The Bertz CT molecular complexity index is 775. The summed E-state index contributed by atoms with van der Waals surface area (Å²) in [6, 6.07) is 9.50. The highest BCUT2D eigenvalue weighted by Gasteiger charge is 2.17. The number of carbonyl (C=O) groups is 1. The fraction of sp³-hybridized carbons (Fsp3) is 0.316. The molecule has 0 atom stereocenters. The molecule has 2 aromatic rings. The molecule has 1 saturated carbocycles. The maximum absolute atomic E-state index is 13.8. The fourth-order valence-electron chi connectivity index (χ4n) is 3.11. The molecular formula is C19H21ClFN3O. The highest BCUT2D eigenvalue weighted by molar-refractivity contribution is 6.34. The number of nitrogens with two attached hydrogens (primary N) is 1. The Kier molecular flexibility index (Phi) is 5.43. The lowest BCUT2D eigenvalue weighted by Crippen LogP contribution is -2.23. The molecule has 4 nitrogen and oxygen atoms in total. The molecule has 0 aromatic heterocycles. The average Bonchev–Trinajstić information content (AvgIpc) is 2.60. The van der Waals surface area contributed by atoms with Gasteiger partial charge in [-0.05, 0) is 37.1 Å². The second-order valence-electron chi connectivity index (χ2n) is 6.33. The molecule has 3 rings (SSSR count). The van der Waals surface area contributed by atoms with Crippen molar-refractivity contribution in [3.8, 4) is 0 Å². The summed E-state index contributed by atoms with van der Waals surface area (Å²) in [5.41, 5.74) is 7.69. The molecule has 0 saturated heterocycles. The molecule has 2 aromatic carbocycles. The van der Waals surface area contributed by atoms with Crippen molar-refractivity contribution in [3.05, 3.63) is 52.8 Å². The van der Waals surface area contributed by atoms with Crippen molar-refractivity contribution in [1.29, 1.82) is 0 Å². The van der Waals surface area contributed by atoms with Gasteiger partial charge in [-0.15, -0.1) is 0 Å². The van der Waals surface area contributed by atoms with Gasteiger partial charge in [-0.25, -0.2) is 4.39 Å². The van der Waals surface area contributed by atoms with Crippen LogP contribution in [0.5, 0.6) is 0 Å². The van der Waals surface area contributed by atoms with Gasteiger partial charge in [0, 0.05) is 6.04 Å². The quantitative estimate of drug-likeness (QED) is 0.667. The SMILES string of the molecule is Nc1cc(Cl)c(NC(=O)c2ccccc2F)cc1NC1CCCCC1. The lowest BCUT2D eigenvalue weighted by molar-refractivity contribution is 0.102. The van der Waals surface area contributed by atoms with E-state index < -0.39 is 11.7 Å². The van der Waals surface area contributed by atoms with E-state index in [1.807, 2.05) is 0 Å². The van der Waals surface area contributed by atoms with Crippen molar-refractivity contribution in [2.45, 2.75) is 38.1 Å². The predicted octanol–water partition coefficient (Wildman–Crippen LogP) is 5.06. The summed E-state index contributed by atoms with van der Waals surface area (Å²) in [5, 5.41) is 6.41. The number of benzene rings is 2. The van der Waals surface area contributed by atoms with Crippen LogP contribution < -0.4 is 16.4 Å². The Morgan fingerprint density at radius 2 is 1.84 bits per heavy atom. The average molecular weight is 362 g/mol. The topological polar surface area (TPSA) is 67.1 Å². The van der Waals surface area contributed by atoms with Crippen LogP contribution in [0.2, 0.25) is 5.02 Å². The van der Waals surface area contributed by atoms with Crippen LogP contribution in [0.15, 0.2) is 36.4 Å². The number of anilines is 3. The van der Waals surface area contributed by atoms with Gasteiger partial charge in [0.25, 0.3) is 5.91 Å². The molecule has 0 spiro atoms. The van der Waals surface area contributed by atoms with Crippen molar-refractivity contribution in [2.24, 2.45) is 0 Å². The van der Waals surface area contributed by atoms with E-state index in [9.17, 15) is 9.18 Å². The number of carbonyl (C=O) groups excluding carboxylic acids is 1. The molecule has 1 aliphatic carbocycles. The lowest BCUT2D eigenvalue weighted by atomic mass is 9.95.